The lowest BCUT2D eigenvalue weighted by atomic mass is 10.2. The Kier molecular flexibility index (Phi) is 4.84. The second-order valence-corrected chi connectivity index (χ2v) is 4.26. The molecule has 0 saturated heterocycles. The van der Waals surface area contributed by atoms with Gasteiger partial charge in [0.15, 0.2) is 5.78 Å². The van der Waals surface area contributed by atoms with E-state index in [1.165, 1.54) is 5.56 Å². The first-order valence-electron chi connectivity index (χ1n) is 6.38. The molecule has 0 aliphatic rings. The minimum Gasteiger partial charge on any atom is -0.295 e. The number of aromatic amines is 1. The second-order valence-electron chi connectivity index (χ2n) is 4.26. The lowest BCUT2D eigenvalue weighted by Crippen LogP contribution is -1.88. The Balaban J connectivity index is 0.000000151. The molecule has 1 N–H and O–H groups in total. The first-order chi connectivity index (χ1) is 9.77. The summed E-state index contributed by atoms with van der Waals surface area (Å²) in [6, 6.07) is 21.3. The van der Waals surface area contributed by atoms with Crippen LogP contribution in [0.15, 0.2) is 72.9 Å². The van der Waals surface area contributed by atoms with Gasteiger partial charge in [-0.3, -0.25) is 9.89 Å². The first kappa shape index (κ1) is 13.7. The zero-order chi connectivity index (χ0) is 14.2. The van der Waals surface area contributed by atoms with Gasteiger partial charge in [-0.05, 0) is 18.6 Å². The number of benzene rings is 2. The van der Waals surface area contributed by atoms with Crippen molar-refractivity contribution in [1.29, 1.82) is 0 Å². The van der Waals surface area contributed by atoms with Gasteiger partial charge in [0.1, 0.15) is 0 Å². The van der Waals surface area contributed by atoms with Crippen molar-refractivity contribution in [3.63, 3.8) is 0 Å². The summed E-state index contributed by atoms with van der Waals surface area (Å²) in [7, 11) is 0. The molecule has 1 aromatic heterocycles. The Morgan fingerprint density at radius 3 is 1.95 bits per heavy atom. The summed E-state index contributed by atoms with van der Waals surface area (Å²) >= 11 is 0. The molecule has 0 atom stereocenters. The van der Waals surface area contributed by atoms with E-state index in [4.69, 9.17) is 0 Å². The van der Waals surface area contributed by atoms with E-state index in [2.05, 4.69) is 10.2 Å². The molecule has 2 aromatic carbocycles. The average Bonchev–Trinajstić information content (AvgIpc) is 3.04. The molecule has 0 amide bonds. The van der Waals surface area contributed by atoms with Crippen molar-refractivity contribution in [2.24, 2.45) is 0 Å². The monoisotopic (exact) mass is 264 g/mol. The molecule has 3 nitrogen and oxygen atoms in total. The predicted molar refractivity (Wildman–Crippen MR) is 80.5 cm³/mol. The topological polar surface area (TPSA) is 45.8 Å². The lowest BCUT2D eigenvalue weighted by Gasteiger charge is -1.93. The Morgan fingerprint density at radius 1 is 0.900 bits per heavy atom. The first-order valence-corrected chi connectivity index (χ1v) is 6.38. The third kappa shape index (κ3) is 3.92. The van der Waals surface area contributed by atoms with Crippen LogP contribution in [0.25, 0.3) is 11.3 Å². The van der Waals surface area contributed by atoms with Crippen molar-refractivity contribution in [3.8, 4) is 11.3 Å². The van der Waals surface area contributed by atoms with Gasteiger partial charge < -0.3 is 0 Å². The van der Waals surface area contributed by atoms with E-state index in [1.807, 2.05) is 66.7 Å². The normalized spacial score (nSPS) is 9.45. The van der Waals surface area contributed by atoms with Crippen LogP contribution < -0.4 is 0 Å². The zero-order valence-corrected chi connectivity index (χ0v) is 11.3. The fourth-order valence-corrected chi connectivity index (χ4v) is 1.71. The molecule has 3 aromatic rings. The molecule has 3 heteroatoms. The number of aromatic nitrogens is 2. The molecule has 1 heterocycles. The SMILES string of the molecule is CC(=O)c1ccccc1.c1ccc(-c2ccn[nH]2)cc1. The number of H-pyrrole nitrogens is 1. The van der Waals surface area contributed by atoms with Crippen LogP contribution in [0, 0.1) is 0 Å². The lowest BCUT2D eigenvalue weighted by molar-refractivity contribution is 0.101. The molecule has 0 saturated carbocycles. The summed E-state index contributed by atoms with van der Waals surface area (Å²) in [4.78, 5) is 10.6. The van der Waals surface area contributed by atoms with Gasteiger partial charge in [0.2, 0.25) is 0 Å². The van der Waals surface area contributed by atoms with Crippen LogP contribution in [0.5, 0.6) is 0 Å². The maximum atomic E-state index is 10.6. The largest absolute Gasteiger partial charge is 0.295 e. The van der Waals surface area contributed by atoms with Crippen molar-refractivity contribution in [1.82, 2.24) is 10.2 Å². The van der Waals surface area contributed by atoms with Crippen LogP contribution >= 0.6 is 0 Å². The Morgan fingerprint density at radius 2 is 1.50 bits per heavy atom. The number of rotatable bonds is 2. The van der Waals surface area contributed by atoms with Gasteiger partial charge in [0.25, 0.3) is 0 Å². The highest BCUT2D eigenvalue weighted by atomic mass is 16.1. The van der Waals surface area contributed by atoms with Crippen molar-refractivity contribution in [2.45, 2.75) is 6.92 Å². The number of Topliss-reactive ketones (excluding diaryl/α,β-unsaturated/α-hetero) is 1. The van der Waals surface area contributed by atoms with Gasteiger partial charge >= 0.3 is 0 Å². The quantitative estimate of drug-likeness (QED) is 0.712. The van der Waals surface area contributed by atoms with Crippen LogP contribution in [0.1, 0.15) is 17.3 Å². The summed E-state index contributed by atoms with van der Waals surface area (Å²) in [5, 5.41) is 6.78. The summed E-state index contributed by atoms with van der Waals surface area (Å²) in [6.45, 7) is 1.56. The van der Waals surface area contributed by atoms with E-state index in [1.54, 1.807) is 13.1 Å². The van der Waals surface area contributed by atoms with E-state index in [-0.39, 0.29) is 5.78 Å². The number of hydrogen-bond acceptors (Lipinski definition) is 2. The molecule has 100 valence electrons. The number of carbonyl (C=O) groups excluding carboxylic acids is 1. The van der Waals surface area contributed by atoms with E-state index in [0.29, 0.717) is 0 Å². The van der Waals surface area contributed by atoms with Gasteiger partial charge in [-0.2, -0.15) is 5.10 Å². The highest BCUT2D eigenvalue weighted by Gasteiger charge is 1.94. The average molecular weight is 264 g/mol. The fourth-order valence-electron chi connectivity index (χ4n) is 1.71. The maximum absolute atomic E-state index is 10.6. The molecule has 0 spiro atoms. The summed E-state index contributed by atoms with van der Waals surface area (Å²) in [5.41, 5.74) is 3.01. The Hall–Kier alpha value is -2.68. The smallest absolute Gasteiger partial charge is 0.159 e. The number of carbonyl (C=O) groups is 1. The van der Waals surface area contributed by atoms with E-state index < -0.39 is 0 Å². The highest BCUT2D eigenvalue weighted by molar-refractivity contribution is 5.93. The number of nitrogens with zero attached hydrogens (tertiary/aromatic N) is 1. The standard InChI is InChI=1S/C9H8N2.C8H8O/c1-2-4-8(5-3-1)9-6-7-10-11-9;1-7(9)8-5-3-2-4-6-8/h1-7H,(H,10,11);2-6H,1H3. The summed E-state index contributed by atoms with van der Waals surface area (Å²) in [6.07, 6.45) is 1.75. The van der Waals surface area contributed by atoms with Crippen molar-refractivity contribution < 1.29 is 4.79 Å². The second kappa shape index (κ2) is 7.04. The van der Waals surface area contributed by atoms with Gasteiger partial charge in [0, 0.05) is 11.8 Å². The van der Waals surface area contributed by atoms with Gasteiger partial charge in [-0.1, -0.05) is 60.7 Å². The van der Waals surface area contributed by atoms with Crippen LogP contribution in [0.3, 0.4) is 0 Å². The van der Waals surface area contributed by atoms with Crippen LogP contribution in [-0.2, 0) is 0 Å². The molecule has 20 heavy (non-hydrogen) atoms. The van der Waals surface area contributed by atoms with Crippen molar-refractivity contribution in [3.05, 3.63) is 78.5 Å². The Bertz CT molecular complexity index is 631. The molecule has 0 radical (unpaired) electrons. The fraction of sp³-hybridized carbons (Fsp3) is 0.0588. The molecule has 0 unspecified atom stereocenters. The van der Waals surface area contributed by atoms with Gasteiger partial charge in [-0.25, -0.2) is 0 Å². The molecular formula is C17H16N2O. The number of ketones is 1. The van der Waals surface area contributed by atoms with E-state index in [0.717, 1.165) is 11.3 Å². The molecular weight excluding hydrogens is 248 g/mol. The number of nitrogens with one attached hydrogen (secondary N) is 1. The van der Waals surface area contributed by atoms with Crippen LogP contribution in [0.4, 0.5) is 0 Å². The minimum atomic E-state index is 0.121. The summed E-state index contributed by atoms with van der Waals surface area (Å²) < 4.78 is 0. The van der Waals surface area contributed by atoms with Gasteiger partial charge in [0.05, 0.1) is 5.69 Å². The van der Waals surface area contributed by atoms with Gasteiger partial charge in [-0.15, -0.1) is 0 Å². The Labute approximate surface area is 118 Å². The van der Waals surface area contributed by atoms with Crippen molar-refractivity contribution in [2.75, 3.05) is 0 Å². The predicted octanol–water partition coefficient (Wildman–Crippen LogP) is 3.97. The summed E-state index contributed by atoms with van der Waals surface area (Å²) in [5.74, 6) is 0.121. The molecule has 3 rings (SSSR count). The molecule has 0 bridgehead atoms. The van der Waals surface area contributed by atoms with Crippen molar-refractivity contribution >= 4 is 5.78 Å². The molecule has 0 aliphatic heterocycles. The van der Waals surface area contributed by atoms with E-state index >= 15 is 0 Å². The third-order valence-corrected chi connectivity index (χ3v) is 2.77. The molecule has 0 fully saturated rings. The van der Waals surface area contributed by atoms with Crippen LogP contribution in [0.2, 0.25) is 0 Å². The number of hydrogen-bond donors (Lipinski definition) is 1. The third-order valence-electron chi connectivity index (χ3n) is 2.77. The minimum absolute atomic E-state index is 0.121. The highest BCUT2D eigenvalue weighted by Crippen LogP contribution is 2.13. The van der Waals surface area contributed by atoms with Crippen LogP contribution in [-0.4, -0.2) is 16.0 Å². The maximum Gasteiger partial charge on any atom is 0.159 e. The zero-order valence-electron chi connectivity index (χ0n) is 11.3. The van der Waals surface area contributed by atoms with E-state index in [9.17, 15) is 4.79 Å². The molecule has 0 aliphatic carbocycles.